The number of ether oxygens (including phenoxy) is 1. The molecule has 1 heterocycles. The molecule has 118 valence electrons. The zero-order valence-electron chi connectivity index (χ0n) is 12.4. The van der Waals surface area contributed by atoms with Gasteiger partial charge < -0.3 is 4.74 Å². The molecular formula is C13H21N3O4S. The van der Waals surface area contributed by atoms with Crippen molar-refractivity contribution in [1.29, 1.82) is 0 Å². The van der Waals surface area contributed by atoms with Crippen molar-refractivity contribution in [1.82, 2.24) is 15.0 Å². The third kappa shape index (κ3) is 4.03. The van der Waals surface area contributed by atoms with Crippen molar-refractivity contribution in [2.24, 2.45) is 0 Å². The summed E-state index contributed by atoms with van der Waals surface area (Å²) >= 11 is 0. The average Bonchev–Trinajstić information content (AvgIpc) is 3.19. The van der Waals surface area contributed by atoms with E-state index in [0.29, 0.717) is 25.5 Å². The highest BCUT2D eigenvalue weighted by molar-refractivity contribution is 7.91. The Labute approximate surface area is 124 Å². The Morgan fingerprint density at radius 1 is 1.38 bits per heavy atom. The number of aryl methyl sites for hydroxylation is 1. The van der Waals surface area contributed by atoms with Crippen LogP contribution in [0.3, 0.4) is 0 Å². The summed E-state index contributed by atoms with van der Waals surface area (Å²) in [6.45, 7) is 4.13. The fourth-order valence-corrected chi connectivity index (χ4v) is 3.03. The van der Waals surface area contributed by atoms with Gasteiger partial charge in [-0.1, -0.05) is 12.1 Å². The molecule has 2 rings (SSSR count). The minimum absolute atomic E-state index is 0.127. The summed E-state index contributed by atoms with van der Waals surface area (Å²) in [6.07, 6.45) is 2.49. The third-order valence-electron chi connectivity index (χ3n) is 3.47. The van der Waals surface area contributed by atoms with Crippen LogP contribution in [-0.2, 0) is 21.1 Å². The van der Waals surface area contributed by atoms with Gasteiger partial charge >= 0.3 is 5.97 Å². The van der Waals surface area contributed by atoms with E-state index in [0.717, 1.165) is 18.5 Å². The Hall–Kier alpha value is -1.44. The Balaban J connectivity index is 2.08. The largest absolute Gasteiger partial charge is 0.461 e. The van der Waals surface area contributed by atoms with Crippen molar-refractivity contribution in [2.45, 2.75) is 45.6 Å². The molecule has 1 aliphatic carbocycles. The van der Waals surface area contributed by atoms with Crippen molar-refractivity contribution in [3.8, 4) is 0 Å². The second-order valence-corrected chi connectivity index (χ2v) is 7.60. The third-order valence-corrected chi connectivity index (χ3v) is 5.26. The van der Waals surface area contributed by atoms with Crippen LogP contribution < -0.4 is 0 Å². The van der Waals surface area contributed by atoms with Gasteiger partial charge in [0.25, 0.3) is 0 Å². The second kappa shape index (κ2) is 6.55. The molecule has 0 bridgehead atoms. The van der Waals surface area contributed by atoms with E-state index >= 15 is 0 Å². The first kappa shape index (κ1) is 15.9. The molecular weight excluding hydrogens is 294 g/mol. The second-order valence-electron chi connectivity index (χ2n) is 5.13. The first-order valence-electron chi connectivity index (χ1n) is 7.29. The van der Waals surface area contributed by atoms with Gasteiger partial charge in [0.1, 0.15) is 9.84 Å². The average molecular weight is 315 g/mol. The molecule has 0 spiro atoms. The van der Waals surface area contributed by atoms with Crippen LogP contribution in [0.1, 0.15) is 55.2 Å². The topological polar surface area (TPSA) is 91.2 Å². The first-order chi connectivity index (χ1) is 9.98. The predicted molar refractivity (Wildman–Crippen MR) is 76.9 cm³/mol. The molecule has 1 saturated carbocycles. The van der Waals surface area contributed by atoms with Crippen LogP contribution in [0.15, 0.2) is 0 Å². The summed E-state index contributed by atoms with van der Waals surface area (Å²) in [5.41, 5.74) is 1.07. The minimum atomic E-state index is -2.98. The number of aromatic nitrogens is 3. The lowest BCUT2D eigenvalue weighted by Gasteiger charge is -2.07. The van der Waals surface area contributed by atoms with E-state index in [1.807, 2.05) is 0 Å². The van der Waals surface area contributed by atoms with Gasteiger partial charge in [-0.15, -0.1) is 5.10 Å². The molecule has 0 radical (unpaired) electrons. The molecule has 1 fully saturated rings. The van der Waals surface area contributed by atoms with Gasteiger partial charge in [-0.2, -0.15) is 0 Å². The lowest BCUT2D eigenvalue weighted by molar-refractivity contribution is 0.0518. The Morgan fingerprint density at radius 3 is 2.67 bits per heavy atom. The van der Waals surface area contributed by atoms with Gasteiger partial charge in [-0.3, -0.25) is 0 Å². The Bertz CT molecular complexity index is 605. The number of sulfone groups is 1. The fourth-order valence-electron chi connectivity index (χ4n) is 2.17. The van der Waals surface area contributed by atoms with Gasteiger partial charge in [0, 0.05) is 18.2 Å². The van der Waals surface area contributed by atoms with E-state index in [4.69, 9.17) is 4.74 Å². The van der Waals surface area contributed by atoms with Gasteiger partial charge in [-0.05, 0) is 26.2 Å². The zero-order valence-corrected chi connectivity index (χ0v) is 13.2. The van der Waals surface area contributed by atoms with E-state index in [1.54, 1.807) is 18.5 Å². The number of nitrogens with zero attached hydrogens (tertiary/aromatic N) is 3. The standard InChI is InChI=1S/C13H21N3O4S/c1-3-20-13(17)11-12(10-6-7-10)16(15-14-11)8-5-9-21(18,19)4-2/h10H,3-9H2,1-2H3. The molecule has 0 atom stereocenters. The summed E-state index contributed by atoms with van der Waals surface area (Å²) in [5, 5.41) is 7.92. The maximum absolute atomic E-state index is 11.9. The van der Waals surface area contributed by atoms with Gasteiger partial charge in [-0.25, -0.2) is 17.9 Å². The van der Waals surface area contributed by atoms with Crippen molar-refractivity contribution in [3.05, 3.63) is 11.4 Å². The number of hydrogen-bond acceptors (Lipinski definition) is 6. The van der Waals surface area contributed by atoms with Crippen LogP contribution >= 0.6 is 0 Å². The predicted octanol–water partition coefficient (Wildman–Crippen LogP) is 1.16. The van der Waals surface area contributed by atoms with Gasteiger partial charge in [0.05, 0.1) is 18.1 Å². The lowest BCUT2D eigenvalue weighted by atomic mass is 10.2. The lowest BCUT2D eigenvalue weighted by Crippen LogP contribution is -2.14. The molecule has 1 aromatic heterocycles. The Morgan fingerprint density at radius 2 is 2.10 bits per heavy atom. The molecule has 8 heteroatoms. The molecule has 0 N–H and O–H groups in total. The quantitative estimate of drug-likeness (QED) is 0.668. The van der Waals surface area contributed by atoms with E-state index in [1.165, 1.54) is 0 Å². The van der Waals surface area contributed by atoms with Crippen molar-refractivity contribution < 1.29 is 17.9 Å². The molecule has 1 aromatic rings. The number of carbonyl (C=O) groups excluding carboxylic acids is 1. The smallest absolute Gasteiger partial charge is 0.360 e. The molecule has 0 saturated heterocycles. The SMILES string of the molecule is CCOC(=O)c1nnn(CCCS(=O)(=O)CC)c1C1CC1. The summed E-state index contributed by atoms with van der Waals surface area (Å²) < 4.78 is 29.6. The summed E-state index contributed by atoms with van der Waals surface area (Å²) in [6, 6.07) is 0. The van der Waals surface area contributed by atoms with Crippen LogP contribution in [0.4, 0.5) is 0 Å². The fraction of sp³-hybridized carbons (Fsp3) is 0.769. The van der Waals surface area contributed by atoms with E-state index in [2.05, 4.69) is 10.3 Å². The highest BCUT2D eigenvalue weighted by atomic mass is 32.2. The highest BCUT2D eigenvalue weighted by Crippen LogP contribution is 2.41. The number of carbonyl (C=O) groups is 1. The molecule has 0 amide bonds. The van der Waals surface area contributed by atoms with Crippen molar-refractivity contribution >= 4 is 15.8 Å². The zero-order chi connectivity index (χ0) is 15.5. The van der Waals surface area contributed by atoms with Crippen LogP contribution in [0.25, 0.3) is 0 Å². The monoisotopic (exact) mass is 315 g/mol. The van der Waals surface area contributed by atoms with E-state index in [9.17, 15) is 13.2 Å². The summed E-state index contributed by atoms with van der Waals surface area (Å²) in [7, 11) is -2.98. The van der Waals surface area contributed by atoms with E-state index < -0.39 is 15.8 Å². The number of esters is 1. The van der Waals surface area contributed by atoms with Crippen LogP contribution in [-0.4, -0.2) is 47.5 Å². The Kier molecular flexibility index (Phi) is 4.97. The van der Waals surface area contributed by atoms with Crippen LogP contribution in [0.5, 0.6) is 0 Å². The normalized spacial score (nSPS) is 15.1. The minimum Gasteiger partial charge on any atom is -0.461 e. The van der Waals surface area contributed by atoms with Crippen molar-refractivity contribution in [3.63, 3.8) is 0 Å². The summed E-state index contributed by atoms with van der Waals surface area (Å²) in [4.78, 5) is 11.9. The highest BCUT2D eigenvalue weighted by Gasteiger charge is 2.34. The molecule has 0 aliphatic heterocycles. The van der Waals surface area contributed by atoms with Gasteiger partial charge in [0.15, 0.2) is 5.69 Å². The molecule has 7 nitrogen and oxygen atoms in total. The maximum Gasteiger partial charge on any atom is 0.360 e. The van der Waals surface area contributed by atoms with E-state index in [-0.39, 0.29) is 17.2 Å². The molecule has 0 aromatic carbocycles. The van der Waals surface area contributed by atoms with Crippen molar-refractivity contribution in [2.75, 3.05) is 18.1 Å². The molecule has 0 unspecified atom stereocenters. The van der Waals surface area contributed by atoms with Crippen LogP contribution in [0, 0.1) is 0 Å². The molecule has 21 heavy (non-hydrogen) atoms. The number of hydrogen-bond donors (Lipinski definition) is 0. The maximum atomic E-state index is 11.9. The first-order valence-corrected chi connectivity index (χ1v) is 9.11. The number of rotatable bonds is 8. The molecule has 1 aliphatic rings. The van der Waals surface area contributed by atoms with Crippen LogP contribution in [0.2, 0.25) is 0 Å². The summed E-state index contributed by atoms with van der Waals surface area (Å²) in [5.74, 6) is 0.116. The van der Waals surface area contributed by atoms with Gasteiger partial charge in [0.2, 0.25) is 0 Å².